The van der Waals surface area contributed by atoms with Gasteiger partial charge in [-0.05, 0) is 38.5 Å². The summed E-state index contributed by atoms with van der Waals surface area (Å²) < 4.78 is 31.4. The van der Waals surface area contributed by atoms with Crippen molar-refractivity contribution in [3.05, 3.63) is 45.8 Å². The number of aryl methyl sites for hydroxylation is 1. The molecule has 128 valence electrons. The maximum atomic E-state index is 13.6. The minimum atomic E-state index is -0.894. The molecule has 1 heterocycles. The number of nitrogens with one attached hydrogen (secondary N) is 2. The van der Waals surface area contributed by atoms with Gasteiger partial charge in [-0.2, -0.15) is 0 Å². The predicted octanol–water partition coefficient (Wildman–Crippen LogP) is 4.46. The van der Waals surface area contributed by atoms with Crippen molar-refractivity contribution in [1.29, 1.82) is 0 Å². The molecule has 0 aliphatic carbocycles. The average molecular weight is 354 g/mol. The Balaban J connectivity index is 2.20. The molecule has 2 rings (SSSR count). The standard InChI is InChI=1S/C16H16F2N2O3S/c1-4-23-15(21)13-8(2)9(3)24-14(13)20-16(22)19-12-6-5-10(17)7-11(12)18/h5-7H,4H2,1-3H3,(H2,19,20,22). The molecular formula is C16H16F2N2O3S. The summed E-state index contributed by atoms with van der Waals surface area (Å²) in [6.45, 7) is 5.45. The summed E-state index contributed by atoms with van der Waals surface area (Å²) in [5, 5.41) is 5.09. The molecule has 5 nitrogen and oxygen atoms in total. The van der Waals surface area contributed by atoms with E-state index < -0.39 is 23.6 Å². The Kier molecular flexibility index (Phi) is 5.50. The molecule has 0 fully saturated rings. The first kappa shape index (κ1) is 17.9. The van der Waals surface area contributed by atoms with Gasteiger partial charge in [0.1, 0.15) is 16.6 Å². The molecule has 0 radical (unpaired) electrons. The summed E-state index contributed by atoms with van der Waals surface area (Å²) in [6.07, 6.45) is 0. The van der Waals surface area contributed by atoms with E-state index >= 15 is 0 Å². The highest BCUT2D eigenvalue weighted by molar-refractivity contribution is 7.16. The fourth-order valence-corrected chi connectivity index (χ4v) is 3.06. The van der Waals surface area contributed by atoms with Crippen LogP contribution in [0.15, 0.2) is 18.2 Å². The first-order valence-electron chi connectivity index (χ1n) is 7.13. The molecule has 1 aromatic heterocycles. The topological polar surface area (TPSA) is 67.4 Å². The Morgan fingerprint density at radius 1 is 1.21 bits per heavy atom. The molecule has 2 N–H and O–H groups in total. The first-order chi connectivity index (χ1) is 11.3. The van der Waals surface area contributed by atoms with Crippen LogP contribution >= 0.6 is 11.3 Å². The molecule has 24 heavy (non-hydrogen) atoms. The number of rotatable bonds is 4. The first-order valence-corrected chi connectivity index (χ1v) is 7.95. The predicted molar refractivity (Wildman–Crippen MR) is 88.7 cm³/mol. The van der Waals surface area contributed by atoms with E-state index in [0.717, 1.165) is 17.0 Å². The molecule has 1 aromatic carbocycles. The number of urea groups is 1. The molecule has 8 heteroatoms. The molecule has 0 saturated carbocycles. The van der Waals surface area contributed by atoms with E-state index in [1.807, 2.05) is 6.92 Å². The molecule has 0 aliphatic heterocycles. The molecule has 0 aliphatic rings. The summed E-state index contributed by atoms with van der Waals surface area (Å²) in [6, 6.07) is 2.06. The number of amides is 2. The molecule has 0 saturated heterocycles. The van der Waals surface area contributed by atoms with Crippen LogP contribution in [-0.2, 0) is 4.74 Å². The van der Waals surface area contributed by atoms with Crippen molar-refractivity contribution in [1.82, 2.24) is 0 Å². The summed E-state index contributed by atoms with van der Waals surface area (Å²) >= 11 is 1.21. The van der Waals surface area contributed by atoms with Crippen molar-refractivity contribution >= 4 is 34.0 Å². The van der Waals surface area contributed by atoms with E-state index in [1.54, 1.807) is 13.8 Å². The quantitative estimate of drug-likeness (QED) is 0.797. The van der Waals surface area contributed by atoms with Crippen LogP contribution < -0.4 is 10.6 Å². The molecular weight excluding hydrogens is 338 g/mol. The van der Waals surface area contributed by atoms with Crippen LogP contribution in [0.4, 0.5) is 24.3 Å². The molecule has 0 spiro atoms. The maximum absolute atomic E-state index is 13.6. The minimum Gasteiger partial charge on any atom is -0.462 e. The summed E-state index contributed by atoms with van der Waals surface area (Å²) in [5.41, 5.74) is 0.812. The van der Waals surface area contributed by atoms with Gasteiger partial charge < -0.3 is 10.1 Å². The van der Waals surface area contributed by atoms with Gasteiger partial charge in [0.05, 0.1) is 17.9 Å². The Labute approximate surface area is 141 Å². The fourth-order valence-electron chi connectivity index (χ4n) is 2.01. The lowest BCUT2D eigenvalue weighted by Crippen LogP contribution is -2.21. The lowest BCUT2D eigenvalue weighted by molar-refractivity contribution is 0.0527. The van der Waals surface area contributed by atoms with Crippen LogP contribution in [0, 0.1) is 25.5 Å². The number of anilines is 2. The number of ether oxygens (including phenoxy) is 1. The zero-order valence-electron chi connectivity index (χ0n) is 13.3. The second-order valence-corrected chi connectivity index (χ2v) is 6.14. The lowest BCUT2D eigenvalue weighted by atomic mass is 10.1. The zero-order chi connectivity index (χ0) is 17.9. The number of hydrogen-bond acceptors (Lipinski definition) is 4. The number of carbonyl (C=O) groups excluding carboxylic acids is 2. The fraction of sp³-hybridized carbons (Fsp3) is 0.250. The Morgan fingerprint density at radius 3 is 2.54 bits per heavy atom. The van der Waals surface area contributed by atoms with Gasteiger partial charge in [0.2, 0.25) is 0 Å². The smallest absolute Gasteiger partial charge is 0.341 e. The normalized spacial score (nSPS) is 10.4. The number of esters is 1. The van der Waals surface area contributed by atoms with E-state index in [2.05, 4.69) is 10.6 Å². The van der Waals surface area contributed by atoms with Crippen molar-refractivity contribution in [2.24, 2.45) is 0 Å². The second-order valence-electron chi connectivity index (χ2n) is 4.91. The van der Waals surface area contributed by atoms with E-state index in [-0.39, 0.29) is 17.9 Å². The van der Waals surface area contributed by atoms with Gasteiger partial charge in [0.25, 0.3) is 0 Å². The van der Waals surface area contributed by atoms with E-state index in [9.17, 15) is 18.4 Å². The molecule has 2 amide bonds. The Hall–Kier alpha value is -2.48. The van der Waals surface area contributed by atoms with Crippen LogP contribution in [0.5, 0.6) is 0 Å². The third kappa shape index (κ3) is 3.88. The number of carbonyl (C=O) groups is 2. The van der Waals surface area contributed by atoms with Gasteiger partial charge >= 0.3 is 12.0 Å². The van der Waals surface area contributed by atoms with E-state index in [1.165, 1.54) is 11.3 Å². The Bertz CT molecular complexity index is 790. The lowest BCUT2D eigenvalue weighted by Gasteiger charge is -2.09. The second kappa shape index (κ2) is 7.39. The van der Waals surface area contributed by atoms with E-state index in [4.69, 9.17) is 4.74 Å². The van der Waals surface area contributed by atoms with Crippen molar-refractivity contribution in [2.75, 3.05) is 17.2 Å². The molecule has 2 aromatic rings. The van der Waals surface area contributed by atoms with Crippen LogP contribution in [0.1, 0.15) is 27.7 Å². The highest BCUT2D eigenvalue weighted by Gasteiger charge is 2.22. The van der Waals surface area contributed by atoms with Gasteiger partial charge in [-0.25, -0.2) is 18.4 Å². The summed E-state index contributed by atoms with van der Waals surface area (Å²) in [4.78, 5) is 24.9. The molecule has 0 bridgehead atoms. The summed E-state index contributed by atoms with van der Waals surface area (Å²) in [5.74, 6) is -2.18. The van der Waals surface area contributed by atoms with Crippen LogP contribution in [0.3, 0.4) is 0 Å². The van der Waals surface area contributed by atoms with Crippen LogP contribution in [-0.4, -0.2) is 18.6 Å². The van der Waals surface area contributed by atoms with Crippen molar-refractivity contribution in [2.45, 2.75) is 20.8 Å². The zero-order valence-corrected chi connectivity index (χ0v) is 14.1. The maximum Gasteiger partial charge on any atom is 0.341 e. The van der Waals surface area contributed by atoms with Crippen molar-refractivity contribution in [3.63, 3.8) is 0 Å². The van der Waals surface area contributed by atoms with Crippen LogP contribution in [0.2, 0.25) is 0 Å². The van der Waals surface area contributed by atoms with E-state index in [0.29, 0.717) is 16.6 Å². The van der Waals surface area contributed by atoms with Gasteiger partial charge in [-0.1, -0.05) is 0 Å². The molecule has 0 unspecified atom stereocenters. The number of thiophene rings is 1. The van der Waals surface area contributed by atoms with Gasteiger partial charge in [-0.15, -0.1) is 11.3 Å². The van der Waals surface area contributed by atoms with Crippen LogP contribution in [0.25, 0.3) is 0 Å². The minimum absolute atomic E-state index is 0.170. The summed E-state index contributed by atoms with van der Waals surface area (Å²) in [7, 11) is 0. The highest BCUT2D eigenvalue weighted by atomic mass is 32.1. The van der Waals surface area contributed by atoms with Gasteiger partial charge in [-0.3, -0.25) is 5.32 Å². The third-order valence-electron chi connectivity index (χ3n) is 3.27. The SMILES string of the molecule is CCOC(=O)c1c(NC(=O)Nc2ccc(F)cc2F)sc(C)c1C. The van der Waals surface area contributed by atoms with Gasteiger partial charge in [0.15, 0.2) is 0 Å². The van der Waals surface area contributed by atoms with Crippen molar-refractivity contribution < 1.29 is 23.1 Å². The van der Waals surface area contributed by atoms with Gasteiger partial charge in [0, 0.05) is 10.9 Å². The number of benzene rings is 1. The number of hydrogen-bond donors (Lipinski definition) is 2. The highest BCUT2D eigenvalue weighted by Crippen LogP contribution is 2.33. The molecule has 0 atom stereocenters. The average Bonchev–Trinajstić information content (AvgIpc) is 2.77. The van der Waals surface area contributed by atoms with Crippen molar-refractivity contribution in [3.8, 4) is 0 Å². The third-order valence-corrected chi connectivity index (χ3v) is 4.39. The number of halogens is 2. The Morgan fingerprint density at radius 2 is 1.92 bits per heavy atom. The largest absolute Gasteiger partial charge is 0.462 e. The monoisotopic (exact) mass is 354 g/mol.